The first kappa shape index (κ1) is 20.6. The monoisotopic (exact) mass is 370 g/mol. The third-order valence-electron chi connectivity index (χ3n) is 5.53. The third-order valence-corrected chi connectivity index (χ3v) is 7.03. The van der Waals surface area contributed by atoms with E-state index in [2.05, 4.69) is 19.1 Å². The van der Waals surface area contributed by atoms with Crippen molar-refractivity contribution in [2.75, 3.05) is 11.5 Å². The van der Waals surface area contributed by atoms with E-state index in [0.29, 0.717) is 30.5 Å². The third kappa shape index (κ3) is 6.86. The number of carboxylic acids is 1. The second-order valence-corrected chi connectivity index (χ2v) is 9.10. The number of aliphatic carboxylic acids is 1. The number of allylic oxidation sites excluding steroid dienone is 2. The number of carboxylic acid groups (broad SMARTS) is 1. The molecule has 2 rings (SSSR count). The molecule has 2 aliphatic rings. The highest BCUT2D eigenvalue weighted by atomic mass is 32.2. The summed E-state index contributed by atoms with van der Waals surface area (Å²) in [4.78, 5) is 10.5. The minimum absolute atomic E-state index is 0.237. The maximum atomic E-state index is 12.4. The van der Waals surface area contributed by atoms with Gasteiger partial charge >= 0.3 is 5.97 Å². The quantitative estimate of drug-likeness (QED) is 0.387. The Bertz CT molecular complexity index is 463. The van der Waals surface area contributed by atoms with Crippen LogP contribution in [-0.2, 0) is 20.3 Å². The largest absolute Gasteiger partial charge is 0.481 e. The summed E-state index contributed by atoms with van der Waals surface area (Å²) >= 11 is 0. The number of rotatable bonds is 13. The summed E-state index contributed by atoms with van der Waals surface area (Å²) < 4.78 is 18.5. The maximum Gasteiger partial charge on any atom is 0.303 e. The van der Waals surface area contributed by atoms with Crippen molar-refractivity contribution in [1.82, 2.24) is 0 Å². The van der Waals surface area contributed by atoms with Crippen LogP contribution in [0.25, 0.3) is 0 Å². The predicted octanol–water partition coefficient (Wildman–Crippen LogP) is 4.31. The molecule has 0 aromatic rings. The lowest BCUT2D eigenvalue weighted by atomic mass is 9.78. The van der Waals surface area contributed by atoms with Gasteiger partial charge in [0.25, 0.3) is 0 Å². The van der Waals surface area contributed by atoms with Crippen LogP contribution in [0.5, 0.6) is 0 Å². The predicted molar refractivity (Wildman–Crippen MR) is 102 cm³/mol. The van der Waals surface area contributed by atoms with Crippen molar-refractivity contribution in [2.24, 2.45) is 11.8 Å². The van der Waals surface area contributed by atoms with Gasteiger partial charge < -0.3 is 9.84 Å². The Morgan fingerprint density at radius 3 is 2.60 bits per heavy atom. The molecule has 0 spiro atoms. The first-order chi connectivity index (χ1) is 12.1. The van der Waals surface area contributed by atoms with Crippen LogP contribution in [0.4, 0.5) is 0 Å². The fourth-order valence-corrected chi connectivity index (χ4v) is 5.74. The number of hydrogen-bond donors (Lipinski definition) is 1. The molecular weight excluding hydrogens is 336 g/mol. The van der Waals surface area contributed by atoms with Gasteiger partial charge in [0, 0.05) is 34.6 Å². The number of carbonyl (C=O) groups is 1. The molecule has 0 aliphatic carbocycles. The molecule has 2 aliphatic heterocycles. The van der Waals surface area contributed by atoms with Gasteiger partial charge in [0.15, 0.2) is 0 Å². The molecule has 0 amide bonds. The van der Waals surface area contributed by atoms with E-state index in [9.17, 15) is 9.00 Å². The molecule has 0 saturated carbocycles. The second-order valence-electron chi connectivity index (χ2n) is 7.48. The molecule has 2 heterocycles. The van der Waals surface area contributed by atoms with Gasteiger partial charge in [0.1, 0.15) is 0 Å². The minimum Gasteiger partial charge on any atom is -0.481 e. The lowest BCUT2D eigenvalue weighted by Crippen LogP contribution is -2.31. The maximum absolute atomic E-state index is 12.4. The second kappa shape index (κ2) is 11.1. The highest BCUT2D eigenvalue weighted by molar-refractivity contribution is 7.84. The molecule has 0 aromatic carbocycles. The van der Waals surface area contributed by atoms with Crippen LogP contribution in [0.15, 0.2) is 12.2 Å². The van der Waals surface area contributed by atoms with Gasteiger partial charge in [0.05, 0.1) is 12.2 Å². The van der Waals surface area contributed by atoms with E-state index in [1.165, 1.54) is 19.3 Å². The molecule has 144 valence electrons. The zero-order valence-electron chi connectivity index (χ0n) is 15.5. The van der Waals surface area contributed by atoms with Crippen LogP contribution in [0.1, 0.15) is 71.1 Å². The van der Waals surface area contributed by atoms with E-state index in [1.807, 2.05) is 0 Å². The number of ether oxygens (including phenoxy) is 1. The van der Waals surface area contributed by atoms with Gasteiger partial charge in [-0.2, -0.15) is 0 Å². The standard InChI is InChI=1S/C20H34O4S/c1-2-3-4-9-14-25(23)15-17-16(18-12-13-19(17)24-18)10-7-5-6-8-11-20(21)22/h5,7,16-19H,2-4,6,8-15H2,1H3,(H,21,22)/b7-5-. The van der Waals surface area contributed by atoms with E-state index in [4.69, 9.17) is 9.84 Å². The Balaban J connectivity index is 1.73. The zero-order valence-corrected chi connectivity index (χ0v) is 16.3. The summed E-state index contributed by atoms with van der Waals surface area (Å²) in [6.45, 7) is 2.20. The molecule has 25 heavy (non-hydrogen) atoms. The Morgan fingerprint density at radius 1 is 1.12 bits per heavy atom. The van der Waals surface area contributed by atoms with Gasteiger partial charge in [-0.3, -0.25) is 9.00 Å². The summed E-state index contributed by atoms with van der Waals surface area (Å²) in [5.74, 6) is 1.84. The minimum atomic E-state index is -0.726. The molecular formula is C20H34O4S. The normalized spacial score (nSPS) is 29.5. The van der Waals surface area contributed by atoms with Gasteiger partial charge in [-0.1, -0.05) is 38.3 Å². The van der Waals surface area contributed by atoms with Crippen molar-refractivity contribution in [2.45, 2.75) is 83.3 Å². The van der Waals surface area contributed by atoms with Crippen molar-refractivity contribution in [3.63, 3.8) is 0 Å². The van der Waals surface area contributed by atoms with Crippen LogP contribution in [0, 0.1) is 11.8 Å². The molecule has 0 aromatic heterocycles. The zero-order chi connectivity index (χ0) is 18.1. The highest BCUT2D eigenvalue weighted by Gasteiger charge is 2.48. The Labute approximate surface area is 154 Å². The highest BCUT2D eigenvalue weighted by Crippen LogP contribution is 2.45. The van der Waals surface area contributed by atoms with E-state index >= 15 is 0 Å². The Morgan fingerprint density at radius 2 is 1.88 bits per heavy atom. The summed E-state index contributed by atoms with van der Waals surface area (Å²) in [7, 11) is -0.721. The van der Waals surface area contributed by atoms with Crippen LogP contribution < -0.4 is 0 Å². The summed E-state index contributed by atoms with van der Waals surface area (Å²) in [5.41, 5.74) is 0. The summed E-state index contributed by atoms with van der Waals surface area (Å²) in [5, 5.41) is 8.65. The SMILES string of the molecule is CCCCCCS(=O)CC1C2CCC(O2)C1C/C=C\CCCC(=O)O. The molecule has 2 bridgehead atoms. The molecule has 5 heteroatoms. The van der Waals surface area contributed by atoms with Gasteiger partial charge in [0.2, 0.25) is 0 Å². The van der Waals surface area contributed by atoms with E-state index in [-0.39, 0.29) is 6.42 Å². The number of hydrogen-bond acceptors (Lipinski definition) is 3. The molecule has 2 saturated heterocycles. The Hall–Kier alpha value is -0.680. The molecule has 1 N–H and O–H groups in total. The number of fused-ring (bicyclic) bond motifs is 2. The molecule has 5 atom stereocenters. The van der Waals surface area contributed by atoms with Crippen LogP contribution in [0.3, 0.4) is 0 Å². The summed E-state index contributed by atoms with van der Waals surface area (Å²) in [6.07, 6.45) is 14.7. The van der Waals surface area contributed by atoms with Crippen LogP contribution in [-0.4, -0.2) is 39.0 Å². The van der Waals surface area contributed by atoms with E-state index in [1.54, 1.807) is 0 Å². The van der Waals surface area contributed by atoms with Crippen LogP contribution in [0.2, 0.25) is 0 Å². The van der Waals surface area contributed by atoms with Crippen molar-refractivity contribution >= 4 is 16.8 Å². The molecule has 4 nitrogen and oxygen atoms in total. The van der Waals surface area contributed by atoms with Crippen molar-refractivity contribution in [3.8, 4) is 0 Å². The topological polar surface area (TPSA) is 63.6 Å². The fourth-order valence-electron chi connectivity index (χ4n) is 4.16. The lowest BCUT2D eigenvalue weighted by Gasteiger charge is -2.26. The molecule has 0 radical (unpaired) electrons. The van der Waals surface area contributed by atoms with Crippen molar-refractivity contribution < 1.29 is 18.8 Å². The average molecular weight is 371 g/mol. The van der Waals surface area contributed by atoms with E-state index < -0.39 is 16.8 Å². The fraction of sp³-hybridized carbons (Fsp3) is 0.850. The van der Waals surface area contributed by atoms with Gasteiger partial charge in [-0.05, 0) is 44.4 Å². The first-order valence-corrected chi connectivity index (χ1v) is 11.5. The van der Waals surface area contributed by atoms with Gasteiger partial charge in [-0.15, -0.1) is 0 Å². The lowest BCUT2D eigenvalue weighted by molar-refractivity contribution is -0.137. The van der Waals surface area contributed by atoms with Crippen molar-refractivity contribution in [1.29, 1.82) is 0 Å². The first-order valence-electron chi connectivity index (χ1n) is 9.99. The average Bonchev–Trinajstić information content (AvgIpc) is 3.17. The molecule has 5 unspecified atom stereocenters. The summed E-state index contributed by atoms with van der Waals surface area (Å²) in [6, 6.07) is 0. The van der Waals surface area contributed by atoms with Crippen LogP contribution >= 0.6 is 0 Å². The van der Waals surface area contributed by atoms with Gasteiger partial charge in [-0.25, -0.2) is 0 Å². The number of unbranched alkanes of at least 4 members (excludes halogenated alkanes) is 4. The van der Waals surface area contributed by atoms with Crippen molar-refractivity contribution in [3.05, 3.63) is 12.2 Å². The Kier molecular flexibility index (Phi) is 9.18. The van der Waals surface area contributed by atoms with E-state index in [0.717, 1.165) is 43.6 Å². The smallest absolute Gasteiger partial charge is 0.303 e. The molecule has 2 fully saturated rings.